The highest BCUT2D eigenvalue weighted by molar-refractivity contribution is 5.45. The summed E-state index contributed by atoms with van der Waals surface area (Å²) in [6.07, 6.45) is 7.79. The van der Waals surface area contributed by atoms with E-state index in [1.165, 1.54) is 36.0 Å². The normalized spacial score (nSPS) is 21.2. The van der Waals surface area contributed by atoms with Crippen LogP contribution in [0.2, 0.25) is 0 Å². The summed E-state index contributed by atoms with van der Waals surface area (Å²) in [5.41, 5.74) is 4.43. The quantitative estimate of drug-likeness (QED) is 0.571. The van der Waals surface area contributed by atoms with Crippen LogP contribution in [0.3, 0.4) is 0 Å². The predicted octanol–water partition coefficient (Wildman–Crippen LogP) is 5.63. The first-order valence-electron chi connectivity index (χ1n) is 10.5. The maximum absolute atomic E-state index is 9.05. The number of rotatable bonds is 9. The van der Waals surface area contributed by atoms with Crippen LogP contribution in [0, 0.1) is 0 Å². The molecule has 3 heteroatoms. The van der Waals surface area contributed by atoms with Gasteiger partial charge in [0.1, 0.15) is 11.5 Å². The smallest absolute Gasteiger partial charge is 0.119 e. The standard InChI is InChI=1S/C25H34O3/c1-25(20-9-11-21(27-2)12-10-20)16-15-19-18-22(28-3)13-14-23(19)24(25)8-6-4-5-7-17-26/h9-14,18,24,26H,4-8,15-17H2,1-3H3. The molecule has 0 heterocycles. The van der Waals surface area contributed by atoms with Gasteiger partial charge in [-0.1, -0.05) is 44.4 Å². The summed E-state index contributed by atoms with van der Waals surface area (Å²) in [5, 5.41) is 9.05. The fraction of sp³-hybridized carbons (Fsp3) is 0.520. The van der Waals surface area contributed by atoms with E-state index in [2.05, 4.69) is 49.4 Å². The van der Waals surface area contributed by atoms with Crippen molar-refractivity contribution in [2.24, 2.45) is 0 Å². The Bertz CT molecular complexity index is 753. The molecule has 1 N–H and O–H groups in total. The lowest BCUT2D eigenvalue weighted by molar-refractivity contribution is 0.277. The summed E-state index contributed by atoms with van der Waals surface area (Å²) in [4.78, 5) is 0. The van der Waals surface area contributed by atoms with Crippen molar-refractivity contribution in [1.29, 1.82) is 0 Å². The van der Waals surface area contributed by atoms with Crippen LogP contribution in [-0.4, -0.2) is 25.9 Å². The van der Waals surface area contributed by atoms with Crippen LogP contribution >= 0.6 is 0 Å². The topological polar surface area (TPSA) is 38.7 Å². The van der Waals surface area contributed by atoms with Gasteiger partial charge in [0.15, 0.2) is 0 Å². The Hall–Kier alpha value is -2.00. The van der Waals surface area contributed by atoms with Crippen molar-refractivity contribution in [2.75, 3.05) is 20.8 Å². The van der Waals surface area contributed by atoms with E-state index < -0.39 is 0 Å². The molecule has 2 aromatic carbocycles. The molecule has 0 saturated carbocycles. The number of hydrogen-bond acceptors (Lipinski definition) is 3. The minimum absolute atomic E-state index is 0.116. The van der Waals surface area contributed by atoms with Crippen molar-refractivity contribution in [2.45, 2.75) is 63.2 Å². The van der Waals surface area contributed by atoms with Crippen LogP contribution in [0.4, 0.5) is 0 Å². The lowest BCUT2D eigenvalue weighted by Gasteiger charge is -2.44. The number of methoxy groups -OCH3 is 2. The summed E-state index contributed by atoms with van der Waals surface area (Å²) in [5.74, 6) is 2.35. The van der Waals surface area contributed by atoms with Gasteiger partial charge in [0.05, 0.1) is 14.2 Å². The molecule has 0 aliphatic heterocycles. The van der Waals surface area contributed by atoms with Crippen molar-refractivity contribution in [3.8, 4) is 11.5 Å². The van der Waals surface area contributed by atoms with Crippen LogP contribution in [0.5, 0.6) is 11.5 Å². The Morgan fingerprint density at radius 3 is 2.29 bits per heavy atom. The van der Waals surface area contributed by atoms with Crippen molar-refractivity contribution >= 4 is 0 Å². The first-order chi connectivity index (χ1) is 13.6. The van der Waals surface area contributed by atoms with Gasteiger partial charge in [-0.25, -0.2) is 0 Å². The molecule has 3 rings (SSSR count). The molecule has 0 amide bonds. The number of benzene rings is 2. The van der Waals surface area contributed by atoms with Gasteiger partial charge in [-0.05, 0) is 78.0 Å². The van der Waals surface area contributed by atoms with Crippen LogP contribution in [0.1, 0.15) is 68.1 Å². The van der Waals surface area contributed by atoms with Crippen LogP contribution in [0.25, 0.3) is 0 Å². The third-order valence-electron chi connectivity index (χ3n) is 6.56. The van der Waals surface area contributed by atoms with Crippen molar-refractivity contribution in [3.05, 3.63) is 59.2 Å². The van der Waals surface area contributed by atoms with Gasteiger partial charge in [0, 0.05) is 6.61 Å². The number of aryl methyl sites for hydroxylation is 1. The fourth-order valence-electron chi connectivity index (χ4n) is 4.78. The Morgan fingerprint density at radius 2 is 1.61 bits per heavy atom. The summed E-state index contributed by atoms with van der Waals surface area (Å²) in [6, 6.07) is 15.3. The Labute approximate surface area is 169 Å². The maximum Gasteiger partial charge on any atom is 0.119 e. The summed E-state index contributed by atoms with van der Waals surface area (Å²) >= 11 is 0. The molecule has 1 aliphatic carbocycles. The maximum atomic E-state index is 9.05. The molecule has 2 aromatic rings. The molecule has 2 unspecified atom stereocenters. The highest BCUT2D eigenvalue weighted by Gasteiger charge is 2.40. The Balaban J connectivity index is 1.90. The highest BCUT2D eigenvalue weighted by atomic mass is 16.5. The molecule has 0 aromatic heterocycles. The molecule has 0 fully saturated rings. The van der Waals surface area contributed by atoms with Gasteiger partial charge in [-0.2, -0.15) is 0 Å². The summed E-state index contributed by atoms with van der Waals surface area (Å²) in [7, 11) is 3.46. The average molecular weight is 383 g/mol. The van der Waals surface area contributed by atoms with E-state index in [9.17, 15) is 0 Å². The molecular weight excluding hydrogens is 348 g/mol. The fourth-order valence-corrected chi connectivity index (χ4v) is 4.78. The second-order valence-electron chi connectivity index (χ2n) is 8.19. The molecule has 152 valence electrons. The van der Waals surface area contributed by atoms with Crippen molar-refractivity contribution in [3.63, 3.8) is 0 Å². The van der Waals surface area contributed by atoms with E-state index in [0.29, 0.717) is 12.5 Å². The minimum atomic E-state index is 0.116. The molecule has 0 radical (unpaired) electrons. The third kappa shape index (κ3) is 4.35. The van der Waals surface area contributed by atoms with Crippen LogP contribution in [0.15, 0.2) is 42.5 Å². The lowest BCUT2D eigenvalue weighted by Crippen LogP contribution is -2.35. The third-order valence-corrected chi connectivity index (χ3v) is 6.56. The zero-order valence-corrected chi connectivity index (χ0v) is 17.5. The van der Waals surface area contributed by atoms with E-state index in [1.807, 2.05) is 0 Å². The molecule has 2 atom stereocenters. The molecule has 1 aliphatic rings. The van der Waals surface area contributed by atoms with E-state index >= 15 is 0 Å². The predicted molar refractivity (Wildman–Crippen MR) is 115 cm³/mol. The van der Waals surface area contributed by atoms with Gasteiger partial charge in [-0.3, -0.25) is 0 Å². The zero-order chi connectivity index (χ0) is 20.0. The van der Waals surface area contributed by atoms with Crippen LogP contribution in [-0.2, 0) is 11.8 Å². The van der Waals surface area contributed by atoms with Gasteiger partial charge < -0.3 is 14.6 Å². The Kier molecular flexibility index (Phi) is 7.01. The SMILES string of the molecule is COc1ccc(C2(C)CCc3cc(OC)ccc3C2CCCCCCO)cc1. The first-order valence-corrected chi connectivity index (χ1v) is 10.5. The van der Waals surface area contributed by atoms with Gasteiger partial charge >= 0.3 is 0 Å². The lowest BCUT2D eigenvalue weighted by atomic mass is 9.60. The number of aliphatic hydroxyl groups is 1. The number of aliphatic hydroxyl groups excluding tert-OH is 1. The highest BCUT2D eigenvalue weighted by Crippen LogP contribution is 2.50. The summed E-state index contributed by atoms with van der Waals surface area (Å²) in [6.45, 7) is 2.73. The monoisotopic (exact) mass is 382 g/mol. The van der Waals surface area contributed by atoms with Gasteiger partial charge in [0.2, 0.25) is 0 Å². The molecule has 0 saturated heterocycles. The number of hydrogen-bond donors (Lipinski definition) is 1. The van der Waals surface area contributed by atoms with E-state index in [1.54, 1.807) is 14.2 Å². The number of fused-ring (bicyclic) bond motifs is 1. The van der Waals surface area contributed by atoms with Gasteiger partial charge in [0.25, 0.3) is 0 Å². The largest absolute Gasteiger partial charge is 0.497 e. The van der Waals surface area contributed by atoms with Crippen molar-refractivity contribution < 1.29 is 14.6 Å². The number of unbranched alkanes of at least 4 members (excludes halogenated alkanes) is 3. The minimum Gasteiger partial charge on any atom is -0.497 e. The number of ether oxygens (including phenoxy) is 2. The second kappa shape index (κ2) is 9.47. The van der Waals surface area contributed by atoms with Crippen molar-refractivity contribution in [1.82, 2.24) is 0 Å². The second-order valence-corrected chi connectivity index (χ2v) is 8.19. The molecule has 3 nitrogen and oxygen atoms in total. The first kappa shape index (κ1) is 20.7. The molecular formula is C25H34O3. The molecule has 0 spiro atoms. The summed E-state index contributed by atoms with van der Waals surface area (Å²) < 4.78 is 10.8. The van der Waals surface area contributed by atoms with E-state index in [0.717, 1.165) is 37.2 Å². The van der Waals surface area contributed by atoms with E-state index in [-0.39, 0.29) is 5.41 Å². The van der Waals surface area contributed by atoms with E-state index in [4.69, 9.17) is 14.6 Å². The molecule has 28 heavy (non-hydrogen) atoms. The Morgan fingerprint density at radius 1 is 0.929 bits per heavy atom. The average Bonchev–Trinajstić information content (AvgIpc) is 2.74. The zero-order valence-electron chi connectivity index (χ0n) is 17.5. The molecule has 0 bridgehead atoms. The van der Waals surface area contributed by atoms with Gasteiger partial charge in [-0.15, -0.1) is 0 Å². The van der Waals surface area contributed by atoms with Crippen LogP contribution < -0.4 is 9.47 Å².